The molecule has 25 heavy (non-hydrogen) atoms. The van der Waals surface area contributed by atoms with Crippen molar-refractivity contribution in [2.75, 3.05) is 4.72 Å². The average Bonchev–Trinajstić information content (AvgIpc) is 2.62. The minimum atomic E-state index is -3.77. The molecule has 4 nitrogen and oxygen atoms in total. The molecule has 0 aliphatic heterocycles. The molecular formula is C19H16FNO3S. The van der Waals surface area contributed by atoms with E-state index in [1.807, 2.05) is 0 Å². The number of aliphatic hydroxyl groups is 1. The van der Waals surface area contributed by atoms with Gasteiger partial charge in [-0.1, -0.05) is 42.5 Å². The number of sulfonamides is 1. The second-order valence-corrected chi connectivity index (χ2v) is 7.15. The van der Waals surface area contributed by atoms with Crippen molar-refractivity contribution in [3.8, 4) is 11.1 Å². The standard InChI is InChI=1S/C19H16FNO3S/c20-19-7-2-1-6-18(19)15-8-10-17(11-9-15)25(23,24)21-16-5-3-4-14(12-16)13-22/h1-12,21-22H,13H2. The molecule has 0 atom stereocenters. The highest BCUT2D eigenvalue weighted by Gasteiger charge is 2.15. The lowest BCUT2D eigenvalue weighted by Crippen LogP contribution is -2.13. The molecule has 0 saturated carbocycles. The van der Waals surface area contributed by atoms with E-state index >= 15 is 0 Å². The van der Waals surface area contributed by atoms with Crippen LogP contribution in [0.1, 0.15) is 5.56 Å². The van der Waals surface area contributed by atoms with Crippen molar-refractivity contribution < 1.29 is 17.9 Å². The first-order chi connectivity index (χ1) is 12.0. The van der Waals surface area contributed by atoms with Gasteiger partial charge in [-0.25, -0.2) is 12.8 Å². The molecule has 3 aromatic carbocycles. The summed E-state index contributed by atoms with van der Waals surface area (Å²) in [5.41, 5.74) is 1.98. The first-order valence-corrected chi connectivity index (χ1v) is 9.05. The summed E-state index contributed by atoms with van der Waals surface area (Å²) in [6, 6.07) is 18.8. The summed E-state index contributed by atoms with van der Waals surface area (Å²) in [4.78, 5) is 0.0713. The third-order valence-electron chi connectivity index (χ3n) is 3.71. The third-order valence-corrected chi connectivity index (χ3v) is 5.11. The number of hydrogen-bond donors (Lipinski definition) is 2. The summed E-state index contributed by atoms with van der Waals surface area (Å²) in [6.45, 7) is -0.174. The van der Waals surface area contributed by atoms with Crippen LogP contribution in [-0.4, -0.2) is 13.5 Å². The lowest BCUT2D eigenvalue weighted by atomic mass is 10.1. The lowest BCUT2D eigenvalue weighted by molar-refractivity contribution is 0.282. The van der Waals surface area contributed by atoms with Gasteiger partial charge in [0, 0.05) is 11.3 Å². The third kappa shape index (κ3) is 3.87. The Morgan fingerprint density at radius 3 is 2.32 bits per heavy atom. The summed E-state index contributed by atoms with van der Waals surface area (Å²) in [5, 5.41) is 9.13. The van der Waals surface area contributed by atoms with Crippen molar-refractivity contribution >= 4 is 15.7 Å². The first kappa shape index (κ1) is 17.1. The van der Waals surface area contributed by atoms with E-state index in [0.717, 1.165) is 0 Å². The van der Waals surface area contributed by atoms with E-state index in [9.17, 15) is 12.8 Å². The van der Waals surface area contributed by atoms with Gasteiger partial charge in [0.25, 0.3) is 10.0 Å². The van der Waals surface area contributed by atoms with Gasteiger partial charge in [0.1, 0.15) is 5.82 Å². The van der Waals surface area contributed by atoms with Gasteiger partial charge in [-0.2, -0.15) is 0 Å². The van der Waals surface area contributed by atoms with Crippen molar-refractivity contribution in [3.63, 3.8) is 0 Å². The number of halogens is 1. The Hall–Kier alpha value is -2.70. The Morgan fingerprint density at radius 1 is 0.920 bits per heavy atom. The zero-order valence-electron chi connectivity index (χ0n) is 13.2. The number of hydrogen-bond acceptors (Lipinski definition) is 3. The molecule has 2 N–H and O–H groups in total. The predicted molar refractivity (Wildman–Crippen MR) is 95.0 cm³/mol. The van der Waals surface area contributed by atoms with Crippen LogP contribution in [0.4, 0.5) is 10.1 Å². The molecule has 0 heterocycles. The maximum atomic E-state index is 13.8. The van der Waals surface area contributed by atoms with Gasteiger partial charge in [0.2, 0.25) is 0 Å². The van der Waals surface area contributed by atoms with Crippen LogP contribution < -0.4 is 4.72 Å². The van der Waals surface area contributed by atoms with E-state index in [1.165, 1.54) is 18.2 Å². The minimum Gasteiger partial charge on any atom is -0.392 e. The molecule has 0 aromatic heterocycles. The highest BCUT2D eigenvalue weighted by molar-refractivity contribution is 7.92. The molecule has 0 amide bonds. The van der Waals surface area contributed by atoms with Crippen LogP contribution in [0.15, 0.2) is 77.7 Å². The SMILES string of the molecule is O=S(=O)(Nc1cccc(CO)c1)c1ccc(-c2ccccc2F)cc1. The van der Waals surface area contributed by atoms with Crippen LogP contribution in [0.3, 0.4) is 0 Å². The van der Waals surface area contributed by atoms with Crippen molar-refractivity contribution in [1.82, 2.24) is 0 Å². The largest absolute Gasteiger partial charge is 0.392 e. The quantitative estimate of drug-likeness (QED) is 0.730. The molecule has 3 rings (SSSR count). The Bertz CT molecular complexity index is 986. The van der Waals surface area contributed by atoms with Gasteiger partial charge in [0.05, 0.1) is 11.5 Å². The number of anilines is 1. The maximum absolute atomic E-state index is 13.8. The molecule has 0 spiro atoms. The minimum absolute atomic E-state index is 0.0713. The molecule has 0 aliphatic rings. The summed E-state index contributed by atoms with van der Waals surface area (Å²) >= 11 is 0. The van der Waals surface area contributed by atoms with E-state index < -0.39 is 10.0 Å². The highest BCUT2D eigenvalue weighted by Crippen LogP contribution is 2.25. The molecule has 128 valence electrons. The molecule has 0 unspecified atom stereocenters. The number of benzene rings is 3. The Labute approximate surface area is 145 Å². The molecule has 6 heteroatoms. The summed E-state index contributed by atoms with van der Waals surface area (Å²) in [6.07, 6.45) is 0. The van der Waals surface area contributed by atoms with Gasteiger partial charge < -0.3 is 5.11 Å². The summed E-state index contributed by atoms with van der Waals surface area (Å²) in [5.74, 6) is -0.364. The number of nitrogens with one attached hydrogen (secondary N) is 1. The molecule has 0 bridgehead atoms. The molecule has 0 aliphatic carbocycles. The van der Waals surface area contributed by atoms with Gasteiger partial charge in [-0.3, -0.25) is 4.72 Å². The predicted octanol–water partition coefficient (Wildman–Crippen LogP) is 3.79. The highest BCUT2D eigenvalue weighted by atomic mass is 32.2. The number of rotatable bonds is 5. The van der Waals surface area contributed by atoms with Crippen LogP contribution in [-0.2, 0) is 16.6 Å². The normalized spacial score (nSPS) is 11.3. The Balaban J connectivity index is 1.87. The van der Waals surface area contributed by atoms with Crippen molar-refractivity contribution in [2.24, 2.45) is 0 Å². The molecular weight excluding hydrogens is 341 g/mol. The monoisotopic (exact) mass is 357 g/mol. The van der Waals surface area contributed by atoms with E-state index in [1.54, 1.807) is 54.6 Å². The van der Waals surface area contributed by atoms with E-state index in [4.69, 9.17) is 5.11 Å². The summed E-state index contributed by atoms with van der Waals surface area (Å²) in [7, 11) is -3.77. The molecule has 0 fully saturated rings. The summed E-state index contributed by atoms with van der Waals surface area (Å²) < 4.78 is 41.2. The zero-order valence-corrected chi connectivity index (χ0v) is 14.0. The van der Waals surface area contributed by atoms with Gasteiger partial charge in [-0.15, -0.1) is 0 Å². The Kier molecular flexibility index (Phi) is 4.83. The fourth-order valence-corrected chi connectivity index (χ4v) is 3.51. The van der Waals surface area contributed by atoms with Crippen molar-refractivity contribution in [3.05, 3.63) is 84.2 Å². The maximum Gasteiger partial charge on any atom is 0.261 e. The fraction of sp³-hybridized carbons (Fsp3) is 0.0526. The van der Waals surface area contributed by atoms with Crippen molar-refractivity contribution in [1.29, 1.82) is 0 Å². The van der Waals surface area contributed by atoms with Crippen LogP contribution in [0.5, 0.6) is 0 Å². The fourth-order valence-electron chi connectivity index (χ4n) is 2.46. The van der Waals surface area contributed by atoms with E-state index in [2.05, 4.69) is 4.72 Å². The van der Waals surface area contributed by atoms with Gasteiger partial charge in [-0.05, 0) is 41.5 Å². The van der Waals surface area contributed by atoms with Gasteiger partial charge >= 0.3 is 0 Å². The van der Waals surface area contributed by atoms with E-state index in [-0.39, 0.29) is 17.3 Å². The van der Waals surface area contributed by atoms with Crippen LogP contribution in [0.2, 0.25) is 0 Å². The first-order valence-electron chi connectivity index (χ1n) is 7.57. The molecule has 3 aromatic rings. The topological polar surface area (TPSA) is 66.4 Å². The molecule has 0 radical (unpaired) electrons. The Morgan fingerprint density at radius 2 is 1.64 bits per heavy atom. The smallest absolute Gasteiger partial charge is 0.261 e. The second kappa shape index (κ2) is 7.04. The van der Waals surface area contributed by atoms with Crippen LogP contribution in [0.25, 0.3) is 11.1 Å². The van der Waals surface area contributed by atoms with E-state index in [0.29, 0.717) is 22.4 Å². The number of aliphatic hydroxyl groups excluding tert-OH is 1. The average molecular weight is 357 g/mol. The van der Waals surface area contributed by atoms with Crippen LogP contribution >= 0.6 is 0 Å². The van der Waals surface area contributed by atoms with Crippen molar-refractivity contribution in [2.45, 2.75) is 11.5 Å². The van der Waals surface area contributed by atoms with Crippen LogP contribution in [0, 0.1) is 5.82 Å². The molecule has 0 saturated heterocycles. The van der Waals surface area contributed by atoms with Gasteiger partial charge in [0.15, 0.2) is 0 Å². The second-order valence-electron chi connectivity index (χ2n) is 5.47. The zero-order chi connectivity index (χ0) is 17.9. The lowest BCUT2D eigenvalue weighted by Gasteiger charge is -2.10.